The molecule has 0 radical (unpaired) electrons. The fraction of sp³-hybridized carbons (Fsp3) is 0.958. The molecule has 0 aliphatic heterocycles. The van der Waals surface area contributed by atoms with Gasteiger partial charge in [0.15, 0.2) is 0 Å². The van der Waals surface area contributed by atoms with Crippen molar-refractivity contribution in [3.05, 3.63) is 0 Å². The monoisotopic (exact) mass is 415 g/mol. The Kier molecular flexibility index (Phi) is 15.5. The minimum atomic E-state index is -1.11. The van der Waals surface area contributed by atoms with E-state index in [-0.39, 0.29) is 13.2 Å². The Morgan fingerprint density at radius 2 is 1.03 bits per heavy atom. The van der Waals surface area contributed by atoms with Crippen molar-refractivity contribution in [3.63, 3.8) is 0 Å². The number of unbranched alkanes of at least 4 members (excludes halogenated alkanes) is 13. The third-order valence-electron chi connectivity index (χ3n) is 5.92. The number of hydrogen-bond acceptors (Lipinski definition) is 3. The van der Waals surface area contributed by atoms with Crippen LogP contribution in [0.1, 0.15) is 124 Å². The Labute approximate surface area is 179 Å². The zero-order valence-electron chi connectivity index (χ0n) is 19.7. The quantitative estimate of drug-likeness (QED) is 0.227. The second-order valence-electron chi connectivity index (χ2n) is 9.68. The summed E-state index contributed by atoms with van der Waals surface area (Å²) in [7, 11) is 0. The van der Waals surface area contributed by atoms with E-state index in [1.54, 1.807) is 20.8 Å². The third kappa shape index (κ3) is 11.8. The van der Waals surface area contributed by atoms with Gasteiger partial charge in [0.1, 0.15) is 0 Å². The highest BCUT2D eigenvalue weighted by Crippen LogP contribution is 2.30. The number of hydrogen-bond donors (Lipinski definition) is 3. The molecule has 0 fully saturated rings. The standard InChI is InChI=1S/C24H49NO4/c1-5-6-7-8-9-10-11-12-13-14-15-16-17-18-19-24(20-26,21-27)25(22(28)29)23(2,3)4/h26-27H,5-21H2,1-4H3,(H,28,29). The van der Waals surface area contributed by atoms with Gasteiger partial charge in [-0.2, -0.15) is 0 Å². The molecule has 0 bridgehead atoms. The minimum Gasteiger partial charge on any atom is -0.465 e. The number of carboxylic acid groups (broad SMARTS) is 1. The molecule has 0 aliphatic carbocycles. The molecular weight excluding hydrogens is 366 g/mol. The smallest absolute Gasteiger partial charge is 0.408 e. The molecule has 174 valence electrons. The maximum Gasteiger partial charge on any atom is 0.408 e. The zero-order chi connectivity index (χ0) is 22.2. The molecule has 3 N–H and O–H groups in total. The SMILES string of the molecule is CCCCCCCCCCCCCCCCC(CO)(CO)N(C(=O)O)C(C)(C)C. The van der Waals surface area contributed by atoms with Crippen LogP contribution < -0.4 is 0 Å². The van der Waals surface area contributed by atoms with Crippen LogP contribution in [-0.4, -0.2) is 50.6 Å². The van der Waals surface area contributed by atoms with Gasteiger partial charge >= 0.3 is 6.09 Å². The van der Waals surface area contributed by atoms with E-state index in [1.807, 2.05) is 0 Å². The summed E-state index contributed by atoms with van der Waals surface area (Å²) >= 11 is 0. The molecule has 0 saturated heterocycles. The van der Waals surface area contributed by atoms with Gasteiger partial charge in [-0.05, 0) is 27.2 Å². The molecule has 0 aliphatic rings. The van der Waals surface area contributed by atoms with E-state index in [0.717, 1.165) is 19.3 Å². The lowest BCUT2D eigenvalue weighted by molar-refractivity contribution is -0.0508. The van der Waals surface area contributed by atoms with Gasteiger partial charge in [0, 0.05) is 5.54 Å². The summed E-state index contributed by atoms with van der Waals surface area (Å²) in [6.45, 7) is 6.94. The Bertz CT molecular complexity index is 402. The summed E-state index contributed by atoms with van der Waals surface area (Å²) in [6.07, 6.45) is 17.1. The van der Waals surface area contributed by atoms with E-state index in [1.165, 1.54) is 75.5 Å². The first kappa shape index (κ1) is 28.2. The highest BCUT2D eigenvalue weighted by atomic mass is 16.4. The lowest BCUT2D eigenvalue weighted by Crippen LogP contribution is -2.63. The van der Waals surface area contributed by atoms with E-state index < -0.39 is 17.2 Å². The van der Waals surface area contributed by atoms with Crippen LogP contribution in [0, 0.1) is 0 Å². The van der Waals surface area contributed by atoms with Crippen LogP contribution in [0.4, 0.5) is 4.79 Å². The van der Waals surface area contributed by atoms with E-state index in [0.29, 0.717) is 6.42 Å². The maximum atomic E-state index is 11.8. The highest BCUT2D eigenvalue weighted by molar-refractivity contribution is 5.67. The molecular formula is C24H49NO4. The number of amides is 1. The van der Waals surface area contributed by atoms with Crippen molar-refractivity contribution in [2.45, 2.75) is 135 Å². The lowest BCUT2D eigenvalue weighted by Gasteiger charge is -2.47. The lowest BCUT2D eigenvalue weighted by atomic mass is 9.87. The van der Waals surface area contributed by atoms with E-state index >= 15 is 0 Å². The molecule has 1 amide bonds. The van der Waals surface area contributed by atoms with Gasteiger partial charge in [0.05, 0.1) is 18.8 Å². The predicted octanol–water partition coefficient (Wildman–Crippen LogP) is 6.36. The molecule has 5 nitrogen and oxygen atoms in total. The third-order valence-corrected chi connectivity index (χ3v) is 5.92. The van der Waals surface area contributed by atoms with Crippen LogP contribution in [0.5, 0.6) is 0 Å². The first-order valence-electron chi connectivity index (χ1n) is 12.0. The van der Waals surface area contributed by atoms with Crippen LogP contribution in [0.3, 0.4) is 0 Å². The van der Waals surface area contributed by atoms with Crippen molar-refractivity contribution in [3.8, 4) is 0 Å². The van der Waals surface area contributed by atoms with E-state index in [2.05, 4.69) is 6.92 Å². The second kappa shape index (κ2) is 16.0. The van der Waals surface area contributed by atoms with Crippen molar-refractivity contribution < 1.29 is 20.1 Å². The number of aliphatic hydroxyl groups excluding tert-OH is 2. The van der Waals surface area contributed by atoms with E-state index in [4.69, 9.17) is 0 Å². The molecule has 0 aromatic carbocycles. The molecule has 0 unspecified atom stereocenters. The average Bonchev–Trinajstić information content (AvgIpc) is 2.65. The van der Waals surface area contributed by atoms with Crippen LogP contribution in [-0.2, 0) is 0 Å². The molecule has 0 saturated carbocycles. The van der Waals surface area contributed by atoms with Crippen LogP contribution in [0.25, 0.3) is 0 Å². The fourth-order valence-corrected chi connectivity index (χ4v) is 4.31. The van der Waals surface area contributed by atoms with Crippen molar-refractivity contribution in [1.29, 1.82) is 0 Å². The molecule has 0 heterocycles. The molecule has 5 heteroatoms. The van der Waals surface area contributed by atoms with Crippen LogP contribution >= 0.6 is 0 Å². The van der Waals surface area contributed by atoms with Gasteiger partial charge in [-0.25, -0.2) is 4.79 Å². The van der Waals surface area contributed by atoms with Gasteiger partial charge in [0.2, 0.25) is 0 Å². The molecule has 0 spiro atoms. The Balaban J connectivity index is 3.97. The van der Waals surface area contributed by atoms with Gasteiger partial charge in [-0.1, -0.05) is 96.8 Å². The van der Waals surface area contributed by atoms with Crippen molar-refractivity contribution >= 4 is 6.09 Å². The summed E-state index contributed by atoms with van der Waals surface area (Å²) < 4.78 is 0. The Hall–Kier alpha value is -0.810. The zero-order valence-corrected chi connectivity index (χ0v) is 19.7. The van der Waals surface area contributed by atoms with Crippen LogP contribution in [0.2, 0.25) is 0 Å². The van der Waals surface area contributed by atoms with Crippen LogP contribution in [0.15, 0.2) is 0 Å². The summed E-state index contributed by atoms with van der Waals surface area (Å²) in [5.41, 5.74) is -1.78. The predicted molar refractivity (Wildman–Crippen MR) is 121 cm³/mol. The maximum absolute atomic E-state index is 11.8. The van der Waals surface area contributed by atoms with Gasteiger partial charge in [-0.3, -0.25) is 4.90 Å². The Morgan fingerprint density at radius 3 is 1.31 bits per heavy atom. The minimum absolute atomic E-state index is 0.356. The number of carbonyl (C=O) groups is 1. The number of rotatable bonds is 18. The molecule has 29 heavy (non-hydrogen) atoms. The second-order valence-corrected chi connectivity index (χ2v) is 9.68. The van der Waals surface area contributed by atoms with Crippen molar-refractivity contribution in [2.24, 2.45) is 0 Å². The summed E-state index contributed by atoms with van der Waals surface area (Å²) in [5, 5.41) is 29.4. The molecule has 0 rings (SSSR count). The highest BCUT2D eigenvalue weighted by Gasteiger charge is 2.44. The van der Waals surface area contributed by atoms with Crippen molar-refractivity contribution in [2.75, 3.05) is 13.2 Å². The topological polar surface area (TPSA) is 81.0 Å². The normalized spacial score (nSPS) is 12.3. The first-order valence-corrected chi connectivity index (χ1v) is 12.0. The Morgan fingerprint density at radius 1 is 0.690 bits per heavy atom. The number of aliphatic hydroxyl groups is 2. The van der Waals surface area contributed by atoms with Gasteiger partial charge in [0.25, 0.3) is 0 Å². The first-order chi connectivity index (χ1) is 13.7. The number of nitrogens with zero attached hydrogens (tertiary/aromatic N) is 1. The molecule has 0 aromatic rings. The van der Waals surface area contributed by atoms with Gasteiger partial charge < -0.3 is 15.3 Å². The molecule has 0 aromatic heterocycles. The van der Waals surface area contributed by atoms with Gasteiger partial charge in [-0.15, -0.1) is 0 Å². The summed E-state index contributed by atoms with van der Waals surface area (Å²) in [6, 6.07) is 0. The van der Waals surface area contributed by atoms with Crippen molar-refractivity contribution in [1.82, 2.24) is 4.90 Å². The van der Waals surface area contributed by atoms with E-state index in [9.17, 15) is 20.1 Å². The molecule has 0 atom stereocenters. The summed E-state index contributed by atoms with van der Waals surface area (Å²) in [4.78, 5) is 13.0. The largest absolute Gasteiger partial charge is 0.465 e. The average molecular weight is 416 g/mol. The summed E-state index contributed by atoms with van der Waals surface area (Å²) in [5.74, 6) is 0. The fourth-order valence-electron chi connectivity index (χ4n) is 4.31.